The van der Waals surface area contributed by atoms with Crippen LogP contribution in [-0.2, 0) is 20.9 Å². The number of rotatable bonds is 7. The SMILES string of the molecule is COC(=O)C(C)CN(C)CC(=O)N(C)Cc1ccccc1. The summed E-state index contributed by atoms with van der Waals surface area (Å²) in [5.41, 5.74) is 1.10. The van der Waals surface area contributed by atoms with E-state index in [1.54, 1.807) is 18.9 Å². The fourth-order valence-electron chi connectivity index (χ4n) is 2.10. The van der Waals surface area contributed by atoms with Crippen molar-refractivity contribution in [3.63, 3.8) is 0 Å². The molecule has 0 spiro atoms. The molecule has 0 heterocycles. The van der Waals surface area contributed by atoms with Gasteiger partial charge < -0.3 is 9.64 Å². The van der Waals surface area contributed by atoms with Crippen LogP contribution in [0, 0.1) is 5.92 Å². The number of methoxy groups -OCH3 is 1. The molecule has 0 radical (unpaired) electrons. The molecule has 0 fully saturated rings. The van der Waals surface area contributed by atoms with Gasteiger partial charge in [-0.2, -0.15) is 0 Å². The highest BCUT2D eigenvalue weighted by Gasteiger charge is 2.18. The fourth-order valence-corrected chi connectivity index (χ4v) is 2.10. The average molecular weight is 292 g/mol. The van der Waals surface area contributed by atoms with Crippen molar-refractivity contribution in [3.05, 3.63) is 35.9 Å². The van der Waals surface area contributed by atoms with Gasteiger partial charge in [0.05, 0.1) is 19.6 Å². The molecule has 0 aromatic heterocycles. The number of benzene rings is 1. The van der Waals surface area contributed by atoms with E-state index >= 15 is 0 Å². The Bertz CT molecular complexity index is 462. The summed E-state index contributed by atoms with van der Waals surface area (Å²) in [5, 5.41) is 0. The van der Waals surface area contributed by atoms with Crippen LogP contribution in [0.2, 0.25) is 0 Å². The van der Waals surface area contributed by atoms with Crippen molar-refractivity contribution in [1.29, 1.82) is 0 Å². The topological polar surface area (TPSA) is 49.9 Å². The lowest BCUT2D eigenvalue weighted by atomic mass is 10.2. The number of hydrogen-bond acceptors (Lipinski definition) is 4. The molecule has 1 aromatic rings. The van der Waals surface area contributed by atoms with E-state index in [9.17, 15) is 9.59 Å². The van der Waals surface area contributed by atoms with Gasteiger partial charge in [0, 0.05) is 20.1 Å². The van der Waals surface area contributed by atoms with Crippen LogP contribution in [-0.4, -0.2) is 56.0 Å². The quantitative estimate of drug-likeness (QED) is 0.713. The first-order chi connectivity index (χ1) is 9.93. The van der Waals surface area contributed by atoms with Crippen molar-refractivity contribution in [3.8, 4) is 0 Å². The van der Waals surface area contributed by atoms with E-state index in [0.717, 1.165) is 5.56 Å². The summed E-state index contributed by atoms with van der Waals surface area (Å²) >= 11 is 0. The minimum absolute atomic E-state index is 0.0263. The molecule has 1 unspecified atom stereocenters. The van der Waals surface area contributed by atoms with Crippen LogP contribution in [0.25, 0.3) is 0 Å². The monoisotopic (exact) mass is 292 g/mol. The summed E-state index contributed by atoms with van der Waals surface area (Å²) in [6.07, 6.45) is 0. The number of nitrogens with zero attached hydrogens (tertiary/aromatic N) is 2. The van der Waals surface area contributed by atoms with Crippen LogP contribution in [0.4, 0.5) is 0 Å². The molecule has 0 saturated heterocycles. The molecule has 1 aromatic carbocycles. The van der Waals surface area contributed by atoms with Crippen LogP contribution < -0.4 is 0 Å². The van der Waals surface area contributed by atoms with E-state index < -0.39 is 0 Å². The first kappa shape index (κ1) is 17.2. The number of carbonyl (C=O) groups excluding carboxylic acids is 2. The summed E-state index contributed by atoms with van der Waals surface area (Å²) in [6.45, 7) is 3.16. The molecule has 1 rings (SSSR count). The summed E-state index contributed by atoms with van der Waals surface area (Å²) in [6, 6.07) is 9.85. The number of ether oxygens (including phenoxy) is 1. The van der Waals surface area contributed by atoms with E-state index in [-0.39, 0.29) is 24.3 Å². The Hall–Kier alpha value is -1.88. The van der Waals surface area contributed by atoms with Gasteiger partial charge >= 0.3 is 5.97 Å². The third-order valence-corrected chi connectivity index (χ3v) is 3.28. The molecule has 0 aliphatic carbocycles. The fraction of sp³-hybridized carbons (Fsp3) is 0.500. The van der Waals surface area contributed by atoms with Gasteiger partial charge in [0.1, 0.15) is 0 Å². The molecule has 116 valence electrons. The highest BCUT2D eigenvalue weighted by Crippen LogP contribution is 2.05. The first-order valence-corrected chi connectivity index (χ1v) is 6.98. The minimum atomic E-state index is -0.257. The zero-order valence-corrected chi connectivity index (χ0v) is 13.2. The summed E-state index contributed by atoms with van der Waals surface area (Å²) in [7, 11) is 4.98. The molecular formula is C16H24N2O3. The van der Waals surface area contributed by atoms with Gasteiger partial charge in [-0.25, -0.2) is 0 Å². The predicted octanol–water partition coefficient (Wildman–Crippen LogP) is 1.39. The predicted molar refractivity (Wildman–Crippen MR) is 81.6 cm³/mol. The maximum Gasteiger partial charge on any atom is 0.309 e. The minimum Gasteiger partial charge on any atom is -0.469 e. The van der Waals surface area contributed by atoms with Crippen LogP contribution in [0.3, 0.4) is 0 Å². The van der Waals surface area contributed by atoms with Gasteiger partial charge in [0.15, 0.2) is 0 Å². The number of esters is 1. The van der Waals surface area contributed by atoms with E-state index in [0.29, 0.717) is 13.1 Å². The van der Waals surface area contributed by atoms with Gasteiger partial charge in [0.2, 0.25) is 5.91 Å². The van der Waals surface area contributed by atoms with Crippen molar-refractivity contribution >= 4 is 11.9 Å². The molecule has 0 bridgehead atoms. The number of carbonyl (C=O) groups is 2. The van der Waals surface area contributed by atoms with Crippen molar-refractivity contribution < 1.29 is 14.3 Å². The summed E-state index contributed by atoms with van der Waals surface area (Å²) in [5.74, 6) is -0.474. The van der Waals surface area contributed by atoms with Gasteiger partial charge in [-0.15, -0.1) is 0 Å². The number of likely N-dealkylation sites (N-methyl/N-ethyl adjacent to an activating group) is 2. The second-order valence-corrected chi connectivity index (χ2v) is 5.36. The Labute approximate surface area is 126 Å². The van der Waals surface area contributed by atoms with E-state index in [2.05, 4.69) is 4.74 Å². The molecule has 5 nitrogen and oxygen atoms in total. The Morgan fingerprint density at radius 3 is 2.38 bits per heavy atom. The van der Waals surface area contributed by atoms with Gasteiger partial charge in [-0.05, 0) is 12.6 Å². The lowest BCUT2D eigenvalue weighted by Gasteiger charge is -2.23. The Morgan fingerprint density at radius 1 is 1.19 bits per heavy atom. The molecule has 0 saturated carbocycles. The highest BCUT2D eigenvalue weighted by atomic mass is 16.5. The molecule has 1 amide bonds. The van der Waals surface area contributed by atoms with Crippen molar-refractivity contribution in [2.24, 2.45) is 5.92 Å². The zero-order chi connectivity index (χ0) is 15.8. The van der Waals surface area contributed by atoms with Crippen molar-refractivity contribution in [1.82, 2.24) is 9.80 Å². The zero-order valence-electron chi connectivity index (χ0n) is 13.2. The maximum atomic E-state index is 12.1. The van der Waals surface area contributed by atoms with Gasteiger partial charge in [-0.1, -0.05) is 37.3 Å². The molecule has 5 heteroatoms. The average Bonchev–Trinajstić information content (AvgIpc) is 2.47. The summed E-state index contributed by atoms with van der Waals surface area (Å²) in [4.78, 5) is 27.0. The van der Waals surface area contributed by atoms with E-state index in [1.165, 1.54) is 7.11 Å². The lowest BCUT2D eigenvalue weighted by Crippen LogP contribution is -2.39. The molecular weight excluding hydrogens is 268 g/mol. The third kappa shape index (κ3) is 5.95. The number of hydrogen-bond donors (Lipinski definition) is 0. The molecule has 21 heavy (non-hydrogen) atoms. The van der Waals surface area contributed by atoms with E-state index in [1.807, 2.05) is 42.3 Å². The third-order valence-electron chi connectivity index (χ3n) is 3.28. The Morgan fingerprint density at radius 2 is 1.81 bits per heavy atom. The van der Waals surface area contributed by atoms with Crippen LogP contribution in [0.15, 0.2) is 30.3 Å². The molecule has 0 N–H and O–H groups in total. The standard InChI is InChI=1S/C16H24N2O3/c1-13(16(20)21-4)10-17(2)12-15(19)18(3)11-14-8-6-5-7-9-14/h5-9,13H,10-12H2,1-4H3. The molecule has 0 aliphatic rings. The Kier molecular flexibility index (Phi) is 6.88. The molecule has 1 atom stereocenters. The maximum absolute atomic E-state index is 12.1. The first-order valence-electron chi connectivity index (χ1n) is 6.98. The van der Waals surface area contributed by atoms with Crippen LogP contribution in [0.5, 0.6) is 0 Å². The number of amides is 1. The van der Waals surface area contributed by atoms with Crippen molar-refractivity contribution in [2.45, 2.75) is 13.5 Å². The Balaban J connectivity index is 2.43. The smallest absolute Gasteiger partial charge is 0.309 e. The van der Waals surface area contributed by atoms with Crippen molar-refractivity contribution in [2.75, 3.05) is 34.3 Å². The highest BCUT2D eigenvalue weighted by molar-refractivity contribution is 5.78. The van der Waals surface area contributed by atoms with Gasteiger partial charge in [0.25, 0.3) is 0 Å². The van der Waals surface area contributed by atoms with Crippen LogP contribution in [0.1, 0.15) is 12.5 Å². The normalized spacial score (nSPS) is 12.0. The second kappa shape index (κ2) is 8.42. The molecule has 0 aliphatic heterocycles. The lowest BCUT2D eigenvalue weighted by molar-refractivity contribution is -0.146. The van der Waals surface area contributed by atoms with Gasteiger partial charge in [-0.3, -0.25) is 14.5 Å². The summed E-state index contributed by atoms with van der Waals surface area (Å²) < 4.78 is 4.68. The van der Waals surface area contributed by atoms with Crippen LogP contribution >= 0.6 is 0 Å². The second-order valence-electron chi connectivity index (χ2n) is 5.36. The van der Waals surface area contributed by atoms with E-state index in [4.69, 9.17) is 0 Å². The largest absolute Gasteiger partial charge is 0.469 e.